The second kappa shape index (κ2) is 10.0. The highest BCUT2D eigenvalue weighted by Gasteiger charge is 1.98. The Kier molecular flexibility index (Phi) is 7.66. The lowest BCUT2D eigenvalue weighted by Gasteiger charge is -2.05. The van der Waals surface area contributed by atoms with Gasteiger partial charge in [0.2, 0.25) is 0 Å². The second-order valence-electron chi connectivity index (χ2n) is 6.36. The third-order valence-corrected chi connectivity index (χ3v) is 4.26. The number of hydrogen-bond donors (Lipinski definition) is 0. The second-order valence-corrected chi connectivity index (χ2v) is 6.36. The molecule has 0 fully saturated rings. The van der Waals surface area contributed by atoms with E-state index in [-0.39, 0.29) is 0 Å². The molecule has 0 spiro atoms. The first kappa shape index (κ1) is 17.5. The van der Waals surface area contributed by atoms with Crippen LogP contribution in [0.5, 0.6) is 0 Å². The van der Waals surface area contributed by atoms with Gasteiger partial charge in [-0.3, -0.25) is 0 Å². The molecule has 2 aromatic carbocycles. The number of hydrogen-bond acceptors (Lipinski definition) is 0. The quantitative estimate of drug-likeness (QED) is 0.488. The zero-order valence-corrected chi connectivity index (χ0v) is 14.7. The van der Waals surface area contributed by atoms with Gasteiger partial charge in [-0.25, -0.2) is 0 Å². The minimum absolute atomic E-state index is 1.11. The molecular formula is C23H30. The lowest BCUT2D eigenvalue weighted by Crippen LogP contribution is -1.93. The topological polar surface area (TPSA) is 0 Å². The normalized spacial score (nSPS) is 11.2. The lowest BCUT2D eigenvalue weighted by atomic mass is 10.0. The van der Waals surface area contributed by atoms with E-state index in [2.05, 4.69) is 74.5 Å². The van der Waals surface area contributed by atoms with Crippen LogP contribution in [0.2, 0.25) is 0 Å². The van der Waals surface area contributed by atoms with Gasteiger partial charge in [-0.15, -0.1) is 0 Å². The molecular weight excluding hydrogens is 276 g/mol. The summed E-state index contributed by atoms with van der Waals surface area (Å²) < 4.78 is 0. The molecule has 0 aliphatic heterocycles. The maximum atomic E-state index is 2.32. The Morgan fingerprint density at radius 1 is 0.739 bits per heavy atom. The van der Waals surface area contributed by atoms with Crippen molar-refractivity contribution in [3.8, 4) is 0 Å². The smallest absolute Gasteiger partial charge is 0.0238 e. The van der Waals surface area contributed by atoms with Gasteiger partial charge in [0.25, 0.3) is 0 Å². The lowest BCUT2D eigenvalue weighted by molar-refractivity contribution is 0.794. The molecule has 0 aromatic heterocycles. The summed E-state index contributed by atoms with van der Waals surface area (Å²) in [5.41, 5.74) is 5.67. The first-order chi connectivity index (χ1) is 11.3. The summed E-state index contributed by atoms with van der Waals surface area (Å²) in [6.07, 6.45) is 12.9. The van der Waals surface area contributed by atoms with Crippen molar-refractivity contribution < 1.29 is 0 Å². The van der Waals surface area contributed by atoms with Crippen molar-refractivity contribution in [2.45, 2.75) is 58.8 Å². The standard InChI is InChI=1S/C23H30/c1-3-5-7-10-22-11-8-12-23(19-22)18-17-21-15-13-20(14-16-21)9-6-4-2/h7-8,10-16,19H,3-6,9,17-18H2,1-2H3/b10-7+. The van der Waals surface area contributed by atoms with Crippen LogP contribution in [0.15, 0.2) is 54.6 Å². The third-order valence-electron chi connectivity index (χ3n) is 4.26. The van der Waals surface area contributed by atoms with Gasteiger partial charge in [-0.05, 0) is 54.4 Å². The summed E-state index contributed by atoms with van der Waals surface area (Å²) in [4.78, 5) is 0. The molecule has 0 nitrogen and oxygen atoms in total. The first-order valence-corrected chi connectivity index (χ1v) is 9.15. The molecule has 122 valence electrons. The molecule has 0 heterocycles. The van der Waals surface area contributed by atoms with Crippen LogP contribution in [-0.2, 0) is 19.3 Å². The number of unbranched alkanes of at least 4 members (excludes halogenated alkanes) is 2. The summed E-state index contributed by atoms with van der Waals surface area (Å²) in [5.74, 6) is 0. The van der Waals surface area contributed by atoms with E-state index >= 15 is 0 Å². The molecule has 0 saturated heterocycles. The highest BCUT2D eigenvalue weighted by atomic mass is 14.0. The average Bonchev–Trinajstić information content (AvgIpc) is 2.60. The maximum Gasteiger partial charge on any atom is -0.0238 e. The average molecular weight is 306 g/mol. The summed E-state index contributed by atoms with van der Waals surface area (Å²) in [6.45, 7) is 4.47. The Morgan fingerprint density at radius 2 is 1.43 bits per heavy atom. The SMILES string of the molecule is CCC/C=C/c1cccc(CCc2ccc(CCCC)cc2)c1. The highest BCUT2D eigenvalue weighted by molar-refractivity contribution is 5.50. The van der Waals surface area contributed by atoms with Crippen LogP contribution in [0.1, 0.15) is 61.8 Å². The van der Waals surface area contributed by atoms with Crippen molar-refractivity contribution in [2.75, 3.05) is 0 Å². The fourth-order valence-electron chi connectivity index (χ4n) is 2.78. The van der Waals surface area contributed by atoms with E-state index in [1.165, 1.54) is 47.9 Å². The van der Waals surface area contributed by atoms with Crippen molar-refractivity contribution in [1.29, 1.82) is 0 Å². The van der Waals surface area contributed by atoms with E-state index in [0.717, 1.165) is 19.3 Å². The van der Waals surface area contributed by atoms with E-state index < -0.39 is 0 Å². The van der Waals surface area contributed by atoms with E-state index in [1.54, 1.807) is 0 Å². The Labute approximate surface area is 142 Å². The van der Waals surface area contributed by atoms with Gasteiger partial charge in [-0.2, -0.15) is 0 Å². The van der Waals surface area contributed by atoms with Crippen molar-refractivity contribution in [1.82, 2.24) is 0 Å². The first-order valence-electron chi connectivity index (χ1n) is 9.15. The predicted octanol–water partition coefficient (Wildman–Crippen LogP) is 6.63. The summed E-state index contributed by atoms with van der Waals surface area (Å²) in [7, 11) is 0. The fraction of sp³-hybridized carbons (Fsp3) is 0.391. The van der Waals surface area contributed by atoms with Gasteiger partial charge in [0.05, 0.1) is 0 Å². The number of benzene rings is 2. The molecule has 0 unspecified atom stereocenters. The van der Waals surface area contributed by atoms with Crippen molar-refractivity contribution >= 4 is 6.08 Å². The molecule has 0 aliphatic carbocycles. The molecule has 2 rings (SSSR count). The van der Waals surface area contributed by atoms with Gasteiger partial charge >= 0.3 is 0 Å². The number of aryl methyl sites for hydroxylation is 3. The van der Waals surface area contributed by atoms with Gasteiger partial charge in [0, 0.05) is 0 Å². The number of rotatable bonds is 9. The van der Waals surface area contributed by atoms with E-state index in [0.29, 0.717) is 0 Å². The molecule has 0 radical (unpaired) electrons. The molecule has 0 atom stereocenters. The molecule has 0 N–H and O–H groups in total. The van der Waals surface area contributed by atoms with Gasteiger partial charge in [0.15, 0.2) is 0 Å². The van der Waals surface area contributed by atoms with Crippen LogP contribution >= 0.6 is 0 Å². The largest absolute Gasteiger partial charge is 0.0840 e. The van der Waals surface area contributed by atoms with Crippen LogP contribution < -0.4 is 0 Å². The molecule has 0 bridgehead atoms. The van der Waals surface area contributed by atoms with Crippen molar-refractivity contribution in [3.63, 3.8) is 0 Å². The molecule has 0 aliphatic rings. The van der Waals surface area contributed by atoms with E-state index in [4.69, 9.17) is 0 Å². The van der Waals surface area contributed by atoms with Gasteiger partial charge < -0.3 is 0 Å². The van der Waals surface area contributed by atoms with Crippen LogP contribution in [0.4, 0.5) is 0 Å². The summed E-state index contributed by atoms with van der Waals surface area (Å²) in [5, 5.41) is 0. The van der Waals surface area contributed by atoms with Gasteiger partial charge in [0.1, 0.15) is 0 Å². The molecule has 0 saturated carbocycles. The van der Waals surface area contributed by atoms with Crippen molar-refractivity contribution in [3.05, 3.63) is 76.9 Å². The highest BCUT2D eigenvalue weighted by Crippen LogP contribution is 2.13. The summed E-state index contributed by atoms with van der Waals surface area (Å²) in [6, 6.07) is 18.1. The Bertz CT molecular complexity index is 590. The third kappa shape index (κ3) is 6.44. The van der Waals surface area contributed by atoms with E-state index in [9.17, 15) is 0 Å². The van der Waals surface area contributed by atoms with Crippen LogP contribution in [0.3, 0.4) is 0 Å². The van der Waals surface area contributed by atoms with Crippen molar-refractivity contribution in [2.24, 2.45) is 0 Å². The van der Waals surface area contributed by atoms with Crippen LogP contribution in [-0.4, -0.2) is 0 Å². The molecule has 2 aromatic rings. The Balaban J connectivity index is 1.89. The Hall–Kier alpha value is -1.82. The molecule has 0 heteroatoms. The predicted molar refractivity (Wildman–Crippen MR) is 103 cm³/mol. The van der Waals surface area contributed by atoms with Crippen LogP contribution in [0, 0.1) is 0 Å². The minimum atomic E-state index is 1.11. The maximum absolute atomic E-state index is 2.32. The zero-order valence-electron chi connectivity index (χ0n) is 14.7. The summed E-state index contributed by atoms with van der Waals surface area (Å²) >= 11 is 0. The zero-order chi connectivity index (χ0) is 16.3. The fourth-order valence-corrected chi connectivity index (χ4v) is 2.78. The minimum Gasteiger partial charge on any atom is -0.0840 e. The van der Waals surface area contributed by atoms with Crippen LogP contribution in [0.25, 0.3) is 6.08 Å². The van der Waals surface area contributed by atoms with E-state index in [1.807, 2.05) is 0 Å². The molecule has 23 heavy (non-hydrogen) atoms. The molecule has 0 amide bonds. The Morgan fingerprint density at radius 3 is 2.13 bits per heavy atom. The monoisotopic (exact) mass is 306 g/mol. The number of allylic oxidation sites excluding steroid dienone is 1. The van der Waals surface area contributed by atoms with Gasteiger partial charge in [-0.1, -0.05) is 87.4 Å².